The number of rotatable bonds is 6. The summed E-state index contributed by atoms with van der Waals surface area (Å²) in [7, 11) is 0. The number of phenols is 1. The molecule has 0 saturated carbocycles. The van der Waals surface area contributed by atoms with Gasteiger partial charge in [-0.1, -0.05) is 19.9 Å². The SMILES string of the molecule is CCN(CC)Cc1c(O)ccc2occ(C(=O)c3cccs3)c12.Cl. The largest absolute Gasteiger partial charge is 0.508 e. The highest BCUT2D eigenvalue weighted by atomic mass is 35.5. The maximum absolute atomic E-state index is 12.7. The molecule has 3 rings (SSSR count). The maximum Gasteiger partial charge on any atom is 0.206 e. The predicted molar refractivity (Wildman–Crippen MR) is 99.5 cm³/mol. The first-order valence-corrected chi connectivity index (χ1v) is 8.56. The highest BCUT2D eigenvalue weighted by Crippen LogP contribution is 2.34. The van der Waals surface area contributed by atoms with Gasteiger partial charge < -0.3 is 9.52 Å². The highest BCUT2D eigenvalue weighted by Gasteiger charge is 2.21. The Morgan fingerprint density at radius 3 is 2.62 bits per heavy atom. The van der Waals surface area contributed by atoms with Gasteiger partial charge in [0, 0.05) is 17.5 Å². The van der Waals surface area contributed by atoms with Crippen molar-refractivity contribution >= 4 is 40.5 Å². The number of nitrogens with zero attached hydrogens (tertiary/aromatic N) is 1. The van der Waals surface area contributed by atoms with E-state index < -0.39 is 0 Å². The Balaban J connectivity index is 0.00000208. The van der Waals surface area contributed by atoms with Crippen LogP contribution in [-0.2, 0) is 6.54 Å². The number of benzene rings is 1. The van der Waals surface area contributed by atoms with Crippen LogP contribution in [0.15, 0.2) is 40.3 Å². The van der Waals surface area contributed by atoms with Crippen molar-refractivity contribution in [2.45, 2.75) is 20.4 Å². The van der Waals surface area contributed by atoms with E-state index in [1.54, 1.807) is 18.2 Å². The second-order valence-electron chi connectivity index (χ2n) is 5.35. The lowest BCUT2D eigenvalue weighted by molar-refractivity contribution is 0.104. The number of fused-ring (bicyclic) bond motifs is 1. The van der Waals surface area contributed by atoms with Gasteiger partial charge in [0.2, 0.25) is 5.78 Å². The predicted octanol–water partition coefficient (Wildman–Crippen LogP) is 4.69. The molecule has 1 N–H and O–H groups in total. The monoisotopic (exact) mass is 365 g/mol. The lowest BCUT2D eigenvalue weighted by Crippen LogP contribution is -2.22. The second-order valence-corrected chi connectivity index (χ2v) is 6.30. The Morgan fingerprint density at radius 2 is 2.00 bits per heavy atom. The summed E-state index contributed by atoms with van der Waals surface area (Å²) in [6.45, 7) is 6.48. The van der Waals surface area contributed by atoms with Gasteiger partial charge in [-0.25, -0.2) is 0 Å². The number of halogens is 1. The fourth-order valence-corrected chi connectivity index (χ4v) is 3.41. The average Bonchev–Trinajstić information content (AvgIpc) is 3.23. The molecule has 0 aliphatic rings. The zero-order valence-corrected chi connectivity index (χ0v) is 15.2. The van der Waals surface area contributed by atoms with Gasteiger partial charge in [-0.3, -0.25) is 9.69 Å². The quantitative estimate of drug-likeness (QED) is 0.643. The molecule has 0 spiro atoms. The molecule has 2 aromatic heterocycles. The molecule has 6 heteroatoms. The summed E-state index contributed by atoms with van der Waals surface area (Å²) in [5.74, 6) is 0.135. The topological polar surface area (TPSA) is 53.7 Å². The summed E-state index contributed by atoms with van der Waals surface area (Å²) in [6, 6.07) is 7.00. The average molecular weight is 366 g/mol. The van der Waals surface area contributed by atoms with Crippen LogP contribution in [0.25, 0.3) is 11.0 Å². The van der Waals surface area contributed by atoms with Crippen LogP contribution in [0.3, 0.4) is 0 Å². The molecule has 4 nitrogen and oxygen atoms in total. The van der Waals surface area contributed by atoms with Crippen LogP contribution in [-0.4, -0.2) is 28.9 Å². The maximum atomic E-state index is 12.7. The molecule has 0 aliphatic carbocycles. The van der Waals surface area contributed by atoms with Crippen LogP contribution in [0.5, 0.6) is 5.75 Å². The zero-order chi connectivity index (χ0) is 16.4. The fourth-order valence-electron chi connectivity index (χ4n) is 2.73. The molecular formula is C18H20ClNO3S. The zero-order valence-electron chi connectivity index (χ0n) is 13.6. The van der Waals surface area contributed by atoms with Gasteiger partial charge in [0.1, 0.15) is 17.6 Å². The van der Waals surface area contributed by atoms with E-state index >= 15 is 0 Å². The lowest BCUT2D eigenvalue weighted by Gasteiger charge is -2.19. The van der Waals surface area contributed by atoms with E-state index in [0.29, 0.717) is 22.6 Å². The van der Waals surface area contributed by atoms with E-state index in [0.717, 1.165) is 24.0 Å². The molecule has 1 aromatic carbocycles. The summed E-state index contributed by atoms with van der Waals surface area (Å²) in [5, 5.41) is 12.9. The van der Waals surface area contributed by atoms with Gasteiger partial charge in [-0.2, -0.15) is 0 Å². The molecule has 24 heavy (non-hydrogen) atoms. The first-order chi connectivity index (χ1) is 11.2. The number of carbonyl (C=O) groups is 1. The Kier molecular flexibility index (Phi) is 6.04. The minimum absolute atomic E-state index is 0. The second kappa shape index (κ2) is 7.83. The van der Waals surface area contributed by atoms with E-state index in [1.807, 2.05) is 11.4 Å². The summed E-state index contributed by atoms with van der Waals surface area (Å²) in [4.78, 5) is 15.6. The number of aromatic hydroxyl groups is 1. The summed E-state index contributed by atoms with van der Waals surface area (Å²) in [5.41, 5.74) is 1.89. The smallest absolute Gasteiger partial charge is 0.206 e. The number of ketones is 1. The summed E-state index contributed by atoms with van der Waals surface area (Å²) < 4.78 is 5.57. The molecule has 0 fully saturated rings. The van der Waals surface area contributed by atoms with E-state index in [-0.39, 0.29) is 23.9 Å². The molecule has 0 aliphatic heterocycles. The Bertz CT molecular complexity index is 822. The van der Waals surface area contributed by atoms with Gasteiger partial charge in [-0.15, -0.1) is 23.7 Å². The van der Waals surface area contributed by atoms with E-state index in [4.69, 9.17) is 4.42 Å². The van der Waals surface area contributed by atoms with E-state index in [2.05, 4.69) is 18.7 Å². The van der Waals surface area contributed by atoms with Crippen molar-refractivity contribution in [1.82, 2.24) is 4.90 Å². The summed E-state index contributed by atoms with van der Waals surface area (Å²) >= 11 is 1.41. The van der Waals surface area contributed by atoms with Crippen LogP contribution in [0.2, 0.25) is 0 Å². The van der Waals surface area contributed by atoms with Crippen molar-refractivity contribution in [3.63, 3.8) is 0 Å². The molecule has 3 aromatic rings. The van der Waals surface area contributed by atoms with Crippen LogP contribution < -0.4 is 0 Å². The van der Waals surface area contributed by atoms with E-state index in [1.165, 1.54) is 17.6 Å². The van der Waals surface area contributed by atoms with Crippen LogP contribution in [0.1, 0.15) is 34.6 Å². The number of phenolic OH excluding ortho intramolecular Hbond substituents is 1. The Labute approximate surface area is 151 Å². The molecule has 0 unspecified atom stereocenters. The highest BCUT2D eigenvalue weighted by molar-refractivity contribution is 7.12. The number of furan rings is 1. The Hall–Kier alpha value is -1.82. The first kappa shape index (κ1) is 18.5. The third-order valence-corrected chi connectivity index (χ3v) is 4.96. The van der Waals surface area contributed by atoms with Gasteiger partial charge in [0.15, 0.2) is 0 Å². The van der Waals surface area contributed by atoms with Crippen molar-refractivity contribution < 1.29 is 14.3 Å². The third-order valence-electron chi connectivity index (χ3n) is 4.09. The van der Waals surface area contributed by atoms with Crippen molar-refractivity contribution in [3.8, 4) is 5.75 Å². The van der Waals surface area contributed by atoms with Gasteiger partial charge >= 0.3 is 0 Å². The molecule has 0 saturated heterocycles. The molecule has 2 heterocycles. The number of hydrogen-bond donors (Lipinski definition) is 1. The number of hydrogen-bond acceptors (Lipinski definition) is 5. The molecule has 0 amide bonds. The van der Waals surface area contributed by atoms with Crippen molar-refractivity contribution in [2.75, 3.05) is 13.1 Å². The van der Waals surface area contributed by atoms with Crippen LogP contribution >= 0.6 is 23.7 Å². The lowest BCUT2D eigenvalue weighted by atomic mass is 10.0. The van der Waals surface area contributed by atoms with Crippen molar-refractivity contribution in [3.05, 3.63) is 51.9 Å². The van der Waals surface area contributed by atoms with Crippen LogP contribution in [0, 0.1) is 0 Å². The minimum atomic E-state index is -0.0647. The van der Waals surface area contributed by atoms with E-state index in [9.17, 15) is 9.90 Å². The third kappa shape index (κ3) is 3.34. The minimum Gasteiger partial charge on any atom is -0.508 e. The van der Waals surface area contributed by atoms with Gasteiger partial charge in [0.25, 0.3) is 0 Å². The molecule has 128 valence electrons. The standard InChI is InChI=1S/C18H19NO3S.ClH/c1-3-19(4-2)10-12-14(20)7-8-15-17(12)13(11-22-15)18(21)16-6-5-9-23-16;/h5-9,11,20H,3-4,10H2,1-2H3;1H. The molecule has 0 atom stereocenters. The number of carbonyl (C=O) groups excluding carboxylic acids is 1. The van der Waals surface area contributed by atoms with Crippen molar-refractivity contribution in [1.29, 1.82) is 0 Å². The van der Waals surface area contributed by atoms with Crippen LogP contribution in [0.4, 0.5) is 0 Å². The fraction of sp³-hybridized carbons (Fsp3) is 0.278. The number of thiophene rings is 1. The Morgan fingerprint density at radius 1 is 1.25 bits per heavy atom. The molecular weight excluding hydrogens is 346 g/mol. The summed E-state index contributed by atoms with van der Waals surface area (Å²) in [6.07, 6.45) is 1.50. The van der Waals surface area contributed by atoms with Gasteiger partial charge in [0.05, 0.1) is 10.4 Å². The first-order valence-electron chi connectivity index (χ1n) is 7.68. The van der Waals surface area contributed by atoms with Crippen molar-refractivity contribution in [2.24, 2.45) is 0 Å². The molecule has 0 bridgehead atoms. The molecule has 0 radical (unpaired) electrons. The normalized spacial score (nSPS) is 11.0. The van der Waals surface area contributed by atoms with Gasteiger partial charge in [-0.05, 0) is 36.7 Å².